The van der Waals surface area contributed by atoms with Gasteiger partial charge in [0.25, 0.3) is 0 Å². The van der Waals surface area contributed by atoms with E-state index in [-0.39, 0.29) is 0 Å². The van der Waals surface area contributed by atoms with Crippen LogP contribution in [0.1, 0.15) is 25.5 Å². The maximum atomic E-state index is 4.59. The summed E-state index contributed by atoms with van der Waals surface area (Å²) in [4.78, 5) is 4.59. The van der Waals surface area contributed by atoms with Crippen molar-refractivity contribution in [3.8, 4) is 0 Å². The lowest BCUT2D eigenvalue weighted by Gasteiger charge is -2.29. The van der Waals surface area contributed by atoms with Crippen LogP contribution in [-0.2, 0) is 0 Å². The number of rotatable bonds is 3. The minimum Gasteiger partial charge on any atom is -0.365 e. The lowest BCUT2D eigenvalue weighted by Crippen LogP contribution is -2.51. The highest BCUT2D eigenvalue weighted by Crippen LogP contribution is 2.19. The Balaban J connectivity index is 2.02. The zero-order valence-electron chi connectivity index (χ0n) is 10.1. The smallest absolute Gasteiger partial charge is 0.157 e. The Bertz CT molecular complexity index is 527. The molecular weight excluding hydrogens is 214 g/mol. The summed E-state index contributed by atoms with van der Waals surface area (Å²) in [7, 11) is 0. The molecule has 0 bridgehead atoms. The zero-order valence-corrected chi connectivity index (χ0v) is 10.1. The topological polar surface area (TPSA) is 54.2 Å². The second-order valence-corrected chi connectivity index (χ2v) is 4.82. The Hall–Kier alpha value is -1.62. The highest BCUT2D eigenvalue weighted by atomic mass is 15.3. The SMILES string of the molecule is CC(C)c1cc(NC2CNC2)n2nccc2n1. The quantitative estimate of drug-likeness (QED) is 0.834. The second kappa shape index (κ2) is 4.00. The number of hydrogen-bond donors (Lipinski definition) is 2. The van der Waals surface area contributed by atoms with Gasteiger partial charge in [-0.2, -0.15) is 9.61 Å². The number of aromatic nitrogens is 3. The van der Waals surface area contributed by atoms with Gasteiger partial charge in [-0.05, 0) is 5.92 Å². The first kappa shape index (κ1) is 10.5. The average molecular weight is 231 g/mol. The summed E-state index contributed by atoms with van der Waals surface area (Å²) in [5.74, 6) is 1.46. The number of fused-ring (bicyclic) bond motifs is 1. The van der Waals surface area contributed by atoms with Gasteiger partial charge in [0, 0.05) is 30.9 Å². The van der Waals surface area contributed by atoms with Crippen LogP contribution < -0.4 is 10.6 Å². The lowest BCUT2D eigenvalue weighted by atomic mass is 10.1. The minimum absolute atomic E-state index is 0.426. The molecule has 1 aliphatic rings. The van der Waals surface area contributed by atoms with E-state index in [0.29, 0.717) is 12.0 Å². The monoisotopic (exact) mass is 231 g/mol. The normalized spacial score (nSPS) is 16.4. The molecule has 0 radical (unpaired) electrons. The van der Waals surface area contributed by atoms with Crippen LogP contribution in [-0.4, -0.2) is 33.7 Å². The maximum Gasteiger partial charge on any atom is 0.157 e. The molecule has 1 aliphatic heterocycles. The van der Waals surface area contributed by atoms with Crippen molar-refractivity contribution < 1.29 is 0 Å². The van der Waals surface area contributed by atoms with Crippen LogP contribution in [0.15, 0.2) is 18.3 Å². The van der Waals surface area contributed by atoms with E-state index in [2.05, 4.69) is 40.6 Å². The average Bonchev–Trinajstić information content (AvgIpc) is 2.70. The van der Waals surface area contributed by atoms with Crippen molar-refractivity contribution in [2.75, 3.05) is 18.4 Å². The summed E-state index contributed by atoms with van der Waals surface area (Å²) in [5, 5.41) is 11.1. The van der Waals surface area contributed by atoms with E-state index >= 15 is 0 Å². The predicted octanol–water partition coefficient (Wildman–Crippen LogP) is 1.24. The van der Waals surface area contributed by atoms with Gasteiger partial charge in [-0.15, -0.1) is 0 Å². The van der Waals surface area contributed by atoms with Gasteiger partial charge in [0.2, 0.25) is 0 Å². The molecule has 0 unspecified atom stereocenters. The standard InChI is InChI=1S/C12H17N5/c1-8(2)10-5-12(15-9-6-13-7-9)17-11(16-10)3-4-14-17/h3-5,8-9,13,15H,6-7H2,1-2H3. The van der Waals surface area contributed by atoms with Crippen molar-refractivity contribution >= 4 is 11.5 Å². The van der Waals surface area contributed by atoms with E-state index in [1.54, 1.807) is 6.20 Å². The van der Waals surface area contributed by atoms with Crippen LogP contribution in [0.4, 0.5) is 5.82 Å². The summed E-state index contributed by atoms with van der Waals surface area (Å²) in [5.41, 5.74) is 2.01. The summed E-state index contributed by atoms with van der Waals surface area (Å²) < 4.78 is 1.87. The molecular formula is C12H17N5. The molecule has 17 heavy (non-hydrogen) atoms. The fraction of sp³-hybridized carbons (Fsp3) is 0.500. The predicted molar refractivity (Wildman–Crippen MR) is 67.4 cm³/mol. The fourth-order valence-corrected chi connectivity index (χ4v) is 1.93. The van der Waals surface area contributed by atoms with Crippen molar-refractivity contribution in [1.82, 2.24) is 19.9 Å². The second-order valence-electron chi connectivity index (χ2n) is 4.82. The molecule has 3 heterocycles. The molecule has 0 spiro atoms. The van der Waals surface area contributed by atoms with Gasteiger partial charge in [0.05, 0.1) is 12.2 Å². The van der Waals surface area contributed by atoms with Crippen LogP contribution in [0.3, 0.4) is 0 Å². The Labute approximate surface area is 100 Å². The third kappa shape index (κ3) is 1.86. The van der Waals surface area contributed by atoms with Gasteiger partial charge in [-0.1, -0.05) is 13.8 Å². The van der Waals surface area contributed by atoms with Crippen molar-refractivity contribution in [2.24, 2.45) is 0 Å². The van der Waals surface area contributed by atoms with Gasteiger partial charge in [-0.25, -0.2) is 4.98 Å². The number of nitrogens with one attached hydrogen (secondary N) is 2. The Morgan fingerprint density at radius 1 is 1.47 bits per heavy atom. The Morgan fingerprint density at radius 3 is 2.94 bits per heavy atom. The number of hydrogen-bond acceptors (Lipinski definition) is 4. The summed E-state index contributed by atoms with van der Waals surface area (Å²) in [6.45, 7) is 6.35. The molecule has 90 valence electrons. The molecule has 5 nitrogen and oxygen atoms in total. The highest BCUT2D eigenvalue weighted by Gasteiger charge is 2.18. The molecule has 3 rings (SSSR count). The van der Waals surface area contributed by atoms with Crippen LogP contribution in [0, 0.1) is 0 Å². The van der Waals surface area contributed by atoms with Crippen LogP contribution in [0.2, 0.25) is 0 Å². The first-order valence-corrected chi connectivity index (χ1v) is 6.06. The van der Waals surface area contributed by atoms with Crippen molar-refractivity contribution in [2.45, 2.75) is 25.8 Å². The van der Waals surface area contributed by atoms with Gasteiger partial charge >= 0.3 is 0 Å². The molecule has 5 heteroatoms. The highest BCUT2D eigenvalue weighted by molar-refractivity contribution is 5.50. The van der Waals surface area contributed by atoms with Crippen molar-refractivity contribution in [3.05, 3.63) is 24.0 Å². The van der Waals surface area contributed by atoms with Crippen molar-refractivity contribution in [1.29, 1.82) is 0 Å². The summed E-state index contributed by atoms with van der Waals surface area (Å²) in [6.07, 6.45) is 1.79. The van der Waals surface area contributed by atoms with E-state index in [0.717, 1.165) is 30.2 Å². The molecule has 0 saturated carbocycles. The maximum absolute atomic E-state index is 4.59. The molecule has 1 saturated heterocycles. The van der Waals surface area contributed by atoms with Gasteiger partial charge < -0.3 is 10.6 Å². The molecule has 0 aromatic carbocycles. The third-order valence-corrected chi connectivity index (χ3v) is 3.10. The number of anilines is 1. The molecule has 1 fully saturated rings. The van der Waals surface area contributed by atoms with Gasteiger partial charge in [-0.3, -0.25) is 0 Å². The van der Waals surface area contributed by atoms with E-state index in [9.17, 15) is 0 Å². The van der Waals surface area contributed by atoms with E-state index in [1.165, 1.54) is 0 Å². The number of nitrogens with zero attached hydrogens (tertiary/aromatic N) is 3. The Morgan fingerprint density at radius 2 is 2.29 bits per heavy atom. The first-order valence-electron chi connectivity index (χ1n) is 6.06. The van der Waals surface area contributed by atoms with Gasteiger partial charge in [0.15, 0.2) is 5.65 Å². The summed E-state index contributed by atoms with van der Waals surface area (Å²) >= 11 is 0. The first-order chi connectivity index (χ1) is 8.24. The minimum atomic E-state index is 0.426. The fourth-order valence-electron chi connectivity index (χ4n) is 1.93. The molecule has 2 aromatic rings. The van der Waals surface area contributed by atoms with Crippen LogP contribution in [0.5, 0.6) is 0 Å². The van der Waals surface area contributed by atoms with Crippen LogP contribution in [0.25, 0.3) is 5.65 Å². The molecule has 2 aromatic heterocycles. The zero-order chi connectivity index (χ0) is 11.8. The largest absolute Gasteiger partial charge is 0.365 e. The summed E-state index contributed by atoms with van der Waals surface area (Å²) in [6, 6.07) is 4.55. The van der Waals surface area contributed by atoms with E-state index < -0.39 is 0 Å². The Kier molecular flexibility index (Phi) is 2.48. The molecule has 0 atom stereocenters. The van der Waals surface area contributed by atoms with Gasteiger partial charge in [0.1, 0.15) is 5.82 Å². The van der Waals surface area contributed by atoms with Crippen molar-refractivity contribution in [3.63, 3.8) is 0 Å². The lowest BCUT2D eigenvalue weighted by molar-refractivity contribution is 0.470. The third-order valence-electron chi connectivity index (χ3n) is 3.10. The van der Waals surface area contributed by atoms with E-state index in [1.807, 2.05) is 10.6 Å². The van der Waals surface area contributed by atoms with E-state index in [4.69, 9.17) is 0 Å². The molecule has 2 N–H and O–H groups in total. The molecule has 0 aliphatic carbocycles. The molecule has 0 amide bonds. The van der Waals surface area contributed by atoms with Crippen LogP contribution >= 0.6 is 0 Å².